The van der Waals surface area contributed by atoms with E-state index in [-0.39, 0.29) is 6.42 Å². The Hall–Kier alpha value is -2.08. The third-order valence-electron chi connectivity index (χ3n) is 1.69. The normalized spacial score (nSPS) is 9.93. The highest BCUT2D eigenvalue weighted by Crippen LogP contribution is 2.06. The van der Waals surface area contributed by atoms with E-state index in [2.05, 4.69) is 0 Å². The van der Waals surface area contributed by atoms with Gasteiger partial charge < -0.3 is 5.11 Å². The molecule has 0 saturated carbocycles. The molecule has 1 rings (SSSR count). The Balaban J connectivity index is 2.74. The van der Waals surface area contributed by atoms with E-state index in [1.54, 1.807) is 30.3 Å². The Kier molecular flexibility index (Phi) is 3.45. The van der Waals surface area contributed by atoms with Crippen molar-refractivity contribution in [1.29, 1.82) is 5.26 Å². The van der Waals surface area contributed by atoms with Crippen LogP contribution in [-0.4, -0.2) is 11.1 Å². The zero-order valence-electron chi connectivity index (χ0n) is 7.47. The topological polar surface area (TPSA) is 61.1 Å². The molecule has 0 aliphatic rings. The number of carboxylic acids is 1. The molecule has 0 unspecified atom stereocenters. The van der Waals surface area contributed by atoms with Gasteiger partial charge in [-0.15, -0.1) is 0 Å². The van der Waals surface area contributed by atoms with E-state index in [0.717, 1.165) is 11.1 Å². The van der Waals surface area contributed by atoms with Gasteiger partial charge in [-0.05, 0) is 17.2 Å². The van der Waals surface area contributed by atoms with Gasteiger partial charge in [0.2, 0.25) is 0 Å². The molecule has 0 spiro atoms. The van der Waals surface area contributed by atoms with Crippen molar-refractivity contribution in [3.63, 3.8) is 0 Å². The van der Waals surface area contributed by atoms with Crippen LogP contribution in [0.5, 0.6) is 0 Å². The van der Waals surface area contributed by atoms with Crippen LogP contribution in [0.4, 0.5) is 0 Å². The summed E-state index contributed by atoms with van der Waals surface area (Å²) in [7, 11) is 0. The minimum Gasteiger partial charge on any atom is -0.481 e. The van der Waals surface area contributed by atoms with Crippen LogP contribution < -0.4 is 0 Å². The van der Waals surface area contributed by atoms with Gasteiger partial charge in [0.1, 0.15) is 0 Å². The van der Waals surface area contributed by atoms with Crippen LogP contribution in [0.3, 0.4) is 0 Å². The average Bonchev–Trinajstić information content (AvgIpc) is 2.16. The van der Waals surface area contributed by atoms with Crippen molar-refractivity contribution < 1.29 is 9.90 Å². The maximum absolute atomic E-state index is 10.4. The number of allylic oxidation sites excluding steroid dienone is 1. The smallest absolute Gasteiger partial charge is 0.307 e. The third kappa shape index (κ3) is 3.11. The molecule has 0 atom stereocenters. The molecular formula is C11H9NO2. The zero-order valence-corrected chi connectivity index (χ0v) is 7.47. The number of aliphatic carboxylic acids is 1. The molecule has 14 heavy (non-hydrogen) atoms. The molecule has 0 fully saturated rings. The second kappa shape index (κ2) is 4.83. The number of rotatable bonds is 3. The van der Waals surface area contributed by atoms with Crippen LogP contribution in [0.1, 0.15) is 11.1 Å². The van der Waals surface area contributed by atoms with Crippen LogP contribution >= 0.6 is 0 Å². The van der Waals surface area contributed by atoms with Crippen molar-refractivity contribution in [1.82, 2.24) is 0 Å². The summed E-state index contributed by atoms with van der Waals surface area (Å²) in [5.41, 5.74) is 1.65. The summed E-state index contributed by atoms with van der Waals surface area (Å²) >= 11 is 0. The second-order valence-electron chi connectivity index (χ2n) is 2.77. The minimum absolute atomic E-state index is 0.0300. The molecule has 0 saturated heterocycles. The van der Waals surface area contributed by atoms with Crippen molar-refractivity contribution >= 4 is 12.0 Å². The third-order valence-corrected chi connectivity index (χ3v) is 1.69. The number of carboxylic acid groups (broad SMARTS) is 1. The molecule has 0 bridgehead atoms. The van der Waals surface area contributed by atoms with Gasteiger partial charge in [0.15, 0.2) is 0 Å². The number of carbonyl (C=O) groups is 1. The van der Waals surface area contributed by atoms with E-state index < -0.39 is 5.97 Å². The minimum atomic E-state index is -0.842. The molecule has 1 aromatic rings. The Morgan fingerprint density at radius 3 is 2.57 bits per heavy atom. The predicted octanol–water partition coefficient (Wildman–Crippen LogP) is 1.85. The lowest BCUT2D eigenvalue weighted by molar-refractivity contribution is -0.136. The maximum atomic E-state index is 10.4. The zero-order chi connectivity index (χ0) is 10.4. The fourth-order valence-electron chi connectivity index (χ4n) is 1.05. The van der Waals surface area contributed by atoms with Gasteiger partial charge >= 0.3 is 5.97 Å². The van der Waals surface area contributed by atoms with E-state index in [0.29, 0.717) is 0 Å². The summed E-state index contributed by atoms with van der Waals surface area (Å²) in [6.07, 6.45) is 3.08. The van der Waals surface area contributed by atoms with E-state index >= 15 is 0 Å². The first-order chi connectivity index (χ1) is 6.72. The van der Waals surface area contributed by atoms with Crippen molar-refractivity contribution in [2.24, 2.45) is 0 Å². The highest BCUT2D eigenvalue weighted by atomic mass is 16.4. The lowest BCUT2D eigenvalue weighted by Gasteiger charge is -1.97. The summed E-state index contributed by atoms with van der Waals surface area (Å²) in [4.78, 5) is 10.4. The van der Waals surface area contributed by atoms with Crippen molar-refractivity contribution in [3.8, 4) is 6.07 Å². The molecule has 1 N–H and O–H groups in total. The standard InChI is InChI=1S/C11H9NO2/c12-7-1-2-9-3-5-10(6-4-9)8-11(13)14/h1-6H,8H2,(H,13,14). The van der Waals surface area contributed by atoms with Crippen LogP contribution in [0.2, 0.25) is 0 Å². The van der Waals surface area contributed by atoms with E-state index in [4.69, 9.17) is 10.4 Å². The summed E-state index contributed by atoms with van der Waals surface area (Å²) in [5, 5.41) is 16.8. The Morgan fingerprint density at radius 1 is 1.43 bits per heavy atom. The summed E-state index contributed by atoms with van der Waals surface area (Å²) < 4.78 is 0. The Morgan fingerprint density at radius 2 is 2.07 bits per heavy atom. The molecule has 0 aliphatic heterocycles. The molecule has 0 aliphatic carbocycles. The van der Waals surface area contributed by atoms with E-state index in [9.17, 15) is 4.79 Å². The van der Waals surface area contributed by atoms with Crippen LogP contribution in [0.25, 0.3) is 6.08 Å². The first kappa shape index (κ1) is 10.0. The van der Waals surface area contributed by atoms with Crippen LogP contribution in [-0.2, 0) is 11.2 Å². The maximum Gasteiger partial charge on any atom is 0.307 e. The average molecular weight is 187 g/mol. The molecule has 0 amide bonds. The molecule has 0 heterocycles. The van der Waals surface area contributed by atoms with Gasteiger partial charge in [0.05, 0.1) is 12.5 Å². The Bertz CT molecular complexity index is 385. The second-order valence-corrected chi connectivity index (χ2v) is 2.77. The lowest BCUT2D eigenvalue weighted by Crippen LogP contribution is -1.99. The number of hydrogen-bond acceptors (Lipinski definition) is 2. The molecule has 0 radical (unpaired) electrons. The molecule has 3 heteroatoms. The number of hydrogen-bond donors (Lipinski definition) is 1. The first-order valence-corrected chi connectivity index (χ1v) is 4.09. The van der Waals surface area contributed by atoms with E-state index in [1.165, 1.54) is 6.08 Å². The van der Waals surface area contributed by atoms with Crippen LogP contribution in [0.15, 0.2) is 30.3 Å². The molecule has 3 nitrogen and oxygen atoms in total. The van der Waals surface area contributed by atoms with Crippen molar-refractivity contribution in [2.75, 3.05) is 0 Å². The van der Waals surface area contributed by atoms with Crippen molar-refractivity contribution in [3.05, 3.63) is 41.5 Å². The van der Waals surface area contributed by atoms with Gasteiger partial charge in [-0.2, -0.15) is 5.26 Å². The monoisotopic (exact) mass is 187 g/mol. The van der Waals surface area contributed by atoms with Gasteiger partial charge in [0, 0.05) is 6.08 Å². The summed E-state index contributed by atoms with van der Waals surface area (Å²) in [5.74, 6) is -0.842. The van der Waals surface area contributed by atoms with Gasteiger partial charge in [-0.25, -0.2) is 0 Å². The molecule has 1 aromatic carbocycles. The number of nitrogens with zero attached hydrogens (tertiary/aromatic N) is 1. The van der Waals surface area contributed by atoms with Gasteiger partial charge in [0.25, 0.3) is 0 Å². The lowest BCUT2D eigenvalue weighted by atomic mass is 10.1. The molecular weight excluding hydrogens is 178 g/mol. The largest absolute Gasteiger partial charge is 0.481 e. The molecule has 0 aromatic heterocycles. The van der Waals surface area contributed by atoms with Crippen LogP contribution in [0, 0.1) is 11.3 Å². The van der Waals surface area contributed by atoms with Crippen molar-refractivity contribution in [2.45, 2.75) is 6.42 Å². The fraction of sp³-hybridized carbons (Fsp3) is 0.0909. The predicted molar refractivity (Wildman–Crippen MR) is 52.4 cm³/mol. The van der Waals surface area contributed by atoms with E-state index in [1.807, 2.05) is 6.07 Å². The Labute approximate surface area is 81.9 Å². The van der Waals surface area contributed by atoms with Gasteiger partial charge in [-0.3, -0.25) is 4.79 Å². The summed E-state index contributed by atoms with van der Waals surface area (Å²) in [6.45, 7) is 0. The summed E-state index contributed by atoms with van der Waals surface area (Å²) in [6, 6.07) is 8.94. The number of benzene rings is 1. The SMILES string of the molecule is N#CC=Cc1ccc(CC(=O)O)cc1. The highest BCUT2D eigenvalue weighted by molar-refractivity contribution is 5.70. The highest BCUT2D eigenvalue weighted by Gasteiger charge is 1.98. The number of nitriles is 1. The fourth-order valence-corrected chi connectivity index (χ4v) is 1.05. The first-order valence-electron chi connectivity index (χ1n) is 4.09. The quantitative estimate of drug-likeness (QED) is 0.734. The molecule has 70 valence electrons. The van der Waals surface area contributed by atoms with Gasteiger partial charge in [-0.1, -0.05) is 24.3 Å².